The minimum Gasteiger partial charge on any atom is -0.272 e. The van der Waals surface area contributed by atoms with Crippen molar-refractivity contribution >= 4 is 22.5 Å². The Balaban J connectivity index is 2.36. The van der Waals surface area contributed by atoms with Gasteiger partial charge >= 0.3 is 0 Å². The first-order chi connectivity index (χ1) is 7.86. The molecular formula is C11H7ClN4. The fourth-order valence-electron chi connectivity index (χ4n) is 1.68. The Bertz CT molecular complexity index is 642. The van der Waals surface area contributed by atoms with Gasteiger partial charge < -0.3 is 0 Å². The van der Waals surface area contributed by atoms with Gasteiger partial charge in [-0.2, -0.15) is 0 Å². The molecular weight excluding hydrogens is 224 g/mol. The van der Waals surface area contributed by atoms with Gasteiger partial charge in [-0.15, -0.1) is 10.2 Å². The zero-order valence-corrected chi connectivity index (χ0v) is 8.96. The summed E-state index contributed by atoms with van der Waals surface area (Å²) < 4.78 is 1.73. The predicted octanol–water partition coefficient (Wildman–Crippen LogP) is 2.47. The van der Waals surface area contributed by atoms with Gasteiger partial charge in [0.25, 0.3) is 0 Å². The quantitative estimate of drug-likeness (QED) is 0.645. The molecule has 16 heavy (non-hydrogen) atoms. The number of benzene rings is 1. The molecule has 0 N–H and O–H groups in total. The third-order valence-corrected chi connectivity index (χ3v) is 2.65. The summed E-state index contributed by atoms with van der Waals surface area (Å²) in [6, 6.07) is 9.73. The number of nitrogens with zero attached hydrogens (tertiary/aromatic N) is 4. The lowest BCUT2D eigenvalue weighted by molar-refractivity contribution is 1.07. The molecule has 2 heterocycles. The molecule has 0 unspecified atom stereocenters. The molecule has 0 radical (unpaired) electrons. The second kappa shape index (κ2) is 3.57. The summed E-state index contributed by atoms with van der Waals surface area (Å²) in [4.78, 5) is 4.28. The van der Waals surface area contributed by atoms with Crippen molar-refractivity contribution in [3.8, 4) is 5.69 Å². The first kappa shape index (κ1) is 9.30. The van der Waals surface area contributed by atoms with E-state index in [9.17, 15) is 0 Å². The van der Waals surface area contributed by atoms with E-state index in [4.69, 9.17) is 11.6 Å². The summed E-state index contributed by atoms with van der Waals surface area (Å²) >= 11 is 5.94. The summed E-state index contributed by atoms with van der Waals surface area (Å²) in [5, 5.41) is 8.89. The maximum absolute atomic E-state index is 5.94. The Morgan fingerprint density at radius 2 is 2.06 bits per heavy atom. The van der Waals surface area contributed by atoms with Gasteiger partial charge in [0.1, 0.15) is 6.33 Å². The van der Waals surface area contributed by atoms with E-state index in [0.717, 1.165) is 16.6 Å². The van der Waals surface area contributed by atoms with Crippen molar-refractivity contribution in [1.82, 2.24) is 19.7 Å². The first-order valence-electron chi connectivity index (χ1n) is 4.76. The van der Waals surface area contributed by atoms with Crippen molar-refractivity contribution in [2.24, 2.45) is 0 Å². The Morgan fingerprint density at radius 1 is 1.12 bits per heavy atom. The normalized spacial score (nSPS) is 10.8. The number of halogens is 1. The van der Waals surface area contributed by atoms with Gasteiger partial charge in [-0.25, -0.2) is 0 Å². The highest BCUT2D eigenvalue weighted by Crippen LogP contribution is 2.22. The van der Waals surface area contributed by atoms with Crippen LogP contribution in [0.2, 0.25) is 5.28 Å². The van der Waals surface area contributed by atoms with Crippen LogP contribution < -0.4 is 0 Å². The molecule has 0 aliphatic rings. The molecule has 0 bridgehead atoms. The van der Waals surface area contributed by atoms with Crippen LogP contribution in [0.5, 0.6) is 0 Å². The van der Waals surface area contributed by atoms with E-state index < -0.39 is 0 Å². The highest BCUT2D eigenvalue weighted by Gasteiger charge is 2.06. The van der Waals surface area contributed by atoms with Gasteiger partial charge in [0.15, 0.2) is 0 Å². The van der Waals surface area contributed by atoms with Gasteiger partial charge in [0.2, 0.25) is 5.28 Å². The third kappa shape index (κ3) is 1.35. The van der Waals surface area contributed by atoms with Crippen LogP contribution >= 0.6 is 11.6 Å². The third-order valence-electron chi connectivity index (χ3n) is 2.39. The van der Waals surface area contributed by atoms with Crippen LogP contribution in [0.3, 0.4) is 0 Å². The zero-order chi connectivity index (χ0) is 11.0. The van der Waals surface area contributed by atoms with Crippen LogP contribution in [0.25, 0.3) is 16.6 Å². The maximum Gasteiger partial charge on any atom is 0.229 e. The smallest absolute Gasteiger partial charge is 0.229 e. The lowest BCUT2D eigenvalue weighted by Gasteiger charge is -2.06. The fourth-order valence-corrected chi connectivity index (χ4v) is 1.86. The van der Waals surface area contributed by atoms with Gasteiger partial charge in [0.05, 0.1) is 11.2 Å². The average Bonchev–Trinajstić information content (AvgIpc) is 2.75. The molecule has 5 heteroatoms. The summed E-state index contributed by atoms with van der Waals surface area (Å²) in [6.45, 7) is 0. The molecule has 3 rings (SSSR count). The second-order valence-corrected chi connectivity index (χ2v) is 3.66. The molecule has 0 fully saturated rings. The Labute approximate surface area is 96.5 Å². The summed E-state index contributed by atoms with van der Waals surface area (Å²) in [5.41, 5.74) is 1.85. The topological polar surface area (TPSA) is 43.6 Å². The maximum atomic E-state index is 5.94. The van der Waals surface area contributed by atoms with Crippen LogP contribution in [0, 0.1) is 0 Å². The predicted molar refractivity (Wildman–Crippen MR) is 61.7 cm³/mol. The number of pyridine rings is 1. The van der Waals surface area contributed by atoms with Crippen LogP contribution in [0.1, 0.15) is 0 Å². The van der Waals surface area contributed by atoms with Crippen molar-refractivity contribution in [2.45, 2.75) is 0 Å². The van der Waals surface area contributed by atoms with Crippen molar-refractivity contribution in [3.05, 3.63) is 48.1 Å². The highest BCUT2D eigenvalue weighted by atomic mass is 35.5. The number of aromatic nitrogens is 4. The van der Waals surface area contributed by atoms with Crippen molar-refractivity contribution in [1.29, 1.82) is 0 Å². The number of hydrogen-bond donors (Lipinski definition) is 0. The largest absolute Gasteiger partial charge is 0.272 e. The standard InChI is InChI=1S/C11H7ClN4/c12-11-15-14-7-16(11)10-5-1-4-9-8(10)3-2-6-13-9/h1-7H. The molecule has 78 valence electrons. The van der Waals surface area contributed by atoms with E-state index in [1.54, 1.807) is 17.1 Å². The molecule has 0 aliphatic heterocycles. The van der Waals surface area contributed by atoms with E-state index in [1.807, 2.05) is 30.3 Å². The van der Waals surface area contributed by atoms with Gasteiger partial charge in [0, 0.05) is 11.6 Å². The number of hydrogen-bond acceptors (Lipinski definition) is 3. The first-order valence-corrected chi connectivity index (χ1v) is 5.14. The van der Waals surface area contributed by atoms with E-state index in [-0.39, 0.29) is 0 Å². The van der Waals surface area contributed by atoms with Crippen LogP contribution in [-0.4, -0.2) is 19.7 Å². The van der Waals surface area contributed by atoms with E-state index in [0.29, 0.717) is 5.28 Å². The van der Waals surface area contributed by atoms with Crippen LogP contribution in [0.15, 0.2) is 42.9 Å². The molecule has 0 spiro atoms. The summed E-state index contributed by atoms with van der Waals surface area (Å²) in [5.74, 6) is 0. The average molecular weight is 231 g/mol. The molecule has 4 nitrogen and oxygen atoms in total. The SMILES string of the molecule is Clc1nncn1-c1cccc2ncccc12. The molecule has 0 saturated carbocycles. The minimum absolute atomic E-state index is 0.344. The van der Waals surface area contributed by atoms with Crippen molar-refractivity contribution < 1.29 is 0 Å². The molecule has 3 aromatic rings. The van der Waals surface area contributed by atoms with Gasteiger partial charge in [-0.1, -0.05) is 6.07 Å². The monoisotopic (exact) mass is 230 g/mol. The van der Waals surface area contributed by atoms with E-state index in [2.05, 4.69) is 15.2 Å². The second-order valence-electron chi connectivity index (χ2n) is 3.32. The number of rotatable bonds is 1. The van der Waals surface area contributed by atoms with Crippen molar-refractivity contribution in [3.63, 3.8) is 0 Å². The van der Waals surface area contributed by atoms with Crippen molar-refractivity contribution in [2.75, 3.05) is 0 Å². The van der Waals surface area contributed by atoms with Gasteiger partial charge in [-0.3, -0.25) is 9.55 Å². The fraction of sp³-hybridized carbons (Fsp3) is 0. The number of fused-ring (bicyclic) bond motifs is 1. The summed E-state index contributed by atoms with van der Waals surface area (Å²) in [6.07, 6.45) is 3.35. The van der Waals surface area contributed by atoms with Gasteiger partial charge in [-0.05, 0) is 35.9 Å². The van der Waals surface area contributed by atoms with E-state index in [1.165, 1.54) is 0 Å². The van der Waals surface area contributed by atoms with E-state index >= 15 is 0 Å². The van der Waals surface area contributed by atoms with Crippen LogP contribution in [-0.2, 0) is 0 Å². The molecule has 0 saturated heterocycles. The Kier molecular flexibility index (Phi) is 2.08. The molecule has 0 aliphatic carbocycles. The zero-order valence-electron chi connectivity index (χ0n) is 8.21. The highest BCUT2D eigenvalue weighted by molar-refractivity contribution is 6.28. The molecule has 0 atom stereocenters. The molecule has 0 amide bonds. The minimum atomic E-state index is 0.344. The lowest BCUT2D eigenvalue weighted by atomic mass is 10.2. The lowest BCUT2D eigenvalue weighted by Crippen LogP contribution is -1.94. The molecule has 1 aromatic carbocycles. The molecule has 2 aromatic heterocycles. The Hall–Kier alpha value is -1.94. The summed E-state index contributed by atoms with van der Waals surface area (Å²) in [7, 11) is 0. The van der Waals surface area contributed by atoms with Crippen LogP contribution in [0.4, 0.5) is 0 Å². The Morgan fingerprint density at radius 3 is 2.88 bits per heavy atom.